The predicted molar refractivity (Wildman–Crippen MR) is 80.3 cm³/mol. The van der Waals surface area contributed by atoms with Gasteiger partial charge < -0.3 is 5.11 Å². The highest BCUT2D eigenvalue weighted by molar-refractivity contribution is 7.15. The molecule has 0 fully saturated rings. The fraction of sp³-hybridized carbons (Fsp3) is 0.375. The molecule has 0 radical (unpaired) electrons. The highest BCUT2D eigenvalue weighted by atomic mass is 32.1. The number of aryl methyl sites for hydroxylation is 3. The smallest absolute Gasteiger partial charge is 0.312 e. The predicted octanol–water partition coefficient (Wildman–Crippen LogP) is 3.93. The first-order valence-electron chi connectivity index (χ1n) is 6.86. The van der Waals surface area contributed by atoms with Gasteiger partial charge in [0.15, 0.2) is 0 Å². The zero-order chi connectivity index (χ0) is 14.3. The molecule has 3 rings (SSSR count). The van der Waals surface area contributed by atoms with Gasteiger partial charge >= 0.3 is 5.97 Å². The van der Waals surface area contributed by atoms with Crippen molar-refractivity contribution in [3.05, 3.63) is 39.9 Å². The number of nitrogens with zero attached hydrogens (tertiary/aromatic N) is 1. The number of aromatic nitrogens is 1. The molecule has 0 saturated carbocycles. The molecule has 1 N–H and O–H groups in total. The zero-order valence-electron chi connectivity index (χ0n) is 11.6. The fourth-order valence-electron chi connectivity index (χ4n) is 2.83. The van der Waals surface area contributed by atoms with Crippen molar-refractivity contribution in [1.82, 2.24) is 4.98 Å². The number of carbonyl (C=O) groups is 1. The summed E-state index contributed by atoms with van der Waals surface area (Å²) in [6, 6.07) is 6.31. The van der Waals surface area contributed by atoms with Crippen LogP contribution in [0.1, 0.15) is 40.5 Å². The van der Waals surface area contributed by atoms with Crippen molar-refractivity contribution in [2.45, 2.75) is 39.0 Å². The Bertz CT molecular complexity index is 675. The van der Waals surface area contributed by atoms with Gasteiger partial charge in [-0.05, 0) is 38.7 Å². The van der Waals surface area contributed by atoms with Gasteiger partial charge in [0.25, 0.3) is 0 Å². The summed E-state index contributed by atoms with van der Waals surface area (Å²) in [5.41, 5.74) is 4.35. The summed E-state index contributed by atoms with van der Waals surface area (Å²) in [7, 11) is 0. The van der Waals surface area contributed by atoms with Crippen molar-refractivity contribution in [2.75, 3.05) is 0 Å². The second-order valence-corrected chi connectivity index (χ2v) is 6.51. The van der Waals surface area contributed by atoms with Gasteiger partial charge in [0.05, 0.1) is 11.6 Å². The van der Waals surface area contributed by atoms with Crippen molar-refractivity contribution < 1.29 is 9.90 Å². The third kappa shape index (κ3) is 2.24. The molecule has 1 unspecified atom stereocenters. The zero-order valence-corrected chi connectivity index (χ0v) is 12.5. The van der Waals surface area contributed by atoms with Crippen LogP contribution in [0, 0.1) is 13.8 Å². The molecule has 1 aromatic carbocycles. The van der Waals surface area contributed by atoms with Gasteiger partial charge in [-0.2, -0.15) is 0 Å². The molecular weight excluding hydrogens is 270 g/mol. The molecule has 1 heterocycles. The first kappa shape index (κ1) is 13.3. The summed E-state index contributed by atoms with van der Waals surface area (Å²) in [5, 5.41) is 10.3. The molecule has 1 atom stereocenters. The average molecular weight is 287 g/mol. The maximum Gasteiger partial charge on any atom is 0.312 e. The molecule has 0 saturated heterocycles. The topological polar surface area (TPSA) is 50.2 Å². The Morgan fingerprint density at radius 3 is 2.90 bits per heavy atom. The van der Waals surface area contributed by atoms with Crippen molar-refractivity contribution in [3.63, 3.8) is 0 Å². The minimum atomic E-state index is -0.747. The van der Waals surface area contributed by atoms with E-state index in [1.165, 1.54) is 11.1 Å². The van der Waals surface area contributed by atoms with Crippen molar-refractivity contribution >= 4 is 17.3 Å². The lowest BCUT2D eigenvalue weighted by Gasteiger charge is -2.16. The second-order valence-electron chi connectivity index (χ2n) is 5.43. The minimum absolute atomic E-state index is 0.422. The number of rotatable bonds is 2. The largest absolute Gasteiger partial charge is 0.481 e. The summed E-state index contributed by atoms with van der Waals surface area (Å²) < 4.78 is 0. The SMILES string of the molecule is Cc1ccc(-c2nc3c(s2)CCCC3C(=O)O)c(C)c1. The molecule has 104 valence electrons. The van der Waals surface area contributed by atoms with Crippen LogP contribution in [0.3, 0.4) is 0 Å². The number of hydrogen-bond donors (Lipinski definition) is 1. The van der Waals surface area contributed by atoms with E-state index in [1.54, 1.807) is 11.3 Å². The molecule has 0 bridgehead atoms. The second kappa shape index (κ2) is 5.02. The minimum Gasteiger partial charge on any atom is -0.481 e. The standard InChI is InChI=1S/C16H17NO2S/c1-9-6-7-11(10(2)8-9)15-17-14-12(16(18)19)4-3-5-13(14)20-15/h6-8,12H,3-5H2,1-2H3,(H,18,19). The highest BCUT2D eigenvalue weighted by Gasteiger charge is 2.30. The van der Waals surface area contributed by atoms with E-state index < -0.39 is 11.9 Å². The molecule has 4 heteroatoms. The Labute approximate surface area is 122 Å². The van der Waals surface area contributed by atoms with E-state index >= 15 is 0 Å². The van der Waals surface area contributed by atoms with Crippen LogP contribution < -0.4 is 0 Å². The number of thiazole rings is 1. The highest BCUT2D eigenvalue weighted by Crippen LogP contribution is 2.39. The van der Waals surface area contributed by atoms with Crippen LogP contribution in [-0.4, -0.2) is 16.1 Å². The lowest BCUT2D eigenvalue weighted by Crippen LogP contribution is -2.17. The van der Waals surface area contributed by atoms with Gasteiger partial charge in [-0.3, -0.25) is 4.79 Å². The summed E-state index contributed by atoms with van der Waals surface area (Å²) in [4.78, 5) is 17.1. The first-order chi connectivity index (χ1) is 9.56. The molecule has 0 spiro atoms. The van der Waals surface area contributed by atoms with Gasteiger partial charge in [0.1, 0.15) is 5.01 Å². The van der Waals surface area contributed by atoms with E-state index in [9.17, 15) is 9.90 Å². The van der Waals surface area contributed by atoms with Crippen LogP contribution in [0.4, 0.5) is 0 Å². The van der Waals surface area contributed by atoms with Crippen LogP contribution in [0.25, 0.3) is 10.6 Å². The Balaban J connectivity index is 2.07. The number of fused-ring (bicyclic) bond motifs is 1. The number of carboxylic acid groups (broad SMARTS) is 1. The monoisotopic (exact) mass is 287 g/mol. The quantitative estimate of drug-likeness (QED) is 0.910. The number of hydrogen-bond acceptors (Lipinski definition) is 3. The van der Waals surface area contributed by atoms with Crippen LogP contribution in [-0.2, 0) is 11.2 Å². The van der Waals surface area contributed by atoms with E-state index in [0.717, 1.165) is 34.0 Å². The summed E-state index contributed by atoms with van der Waals surface area (Å²) >= 11 is 1.66. The number of carboxylic acids is 1. The third-order valence-corrected chi connectivity index (χ3v) is 5.03. The van der Waals surface area contributed by atoms with Gasteiger partial charge in [0.2, 0.25) is 0 Å². The molecule has 0 amide bonds. The van der Waals surface area contributed by atoms with Crippen molar-refractivity contribution in [1.29, 1.82) is 0 Å². The van der Waals surface area contributed by atoms with E-state index in [1.807, 2.05) is 0 Å². The van der Waals surface area contributed by atoms with Crippen molar-refractivity contribution in [2.24, 2.45) is 0 Å². The van der Waals surface area contributed by atoms with E-state index in [2.05, 4.69) is 37.0 Å². The molecule has 2 aromatic rings. The van der Waals surface area contributed by atoms with E-state index in [4.69, 9.17) is 0 Å². The summed E-state index contributed by atoms with van der Waals surface area (Å²) in [6.07, 6.45) is 2.61. The molecule has 0 aliphatic heterocycles. The lowest BCUT2D eigenvalue weighted by molar-refractivity contribution is -0.139. The van der Waals surface area contributed by atoms with Crippen molar-refractivity contribution in [3.8, 4) is 10.6 Å². The third-order valence-electron chi connectivity index (χ3n) is 3.86. The summed E-state index contributed by atoms with van der Waals surface area (Å²) in [5.74, 6) is -1.17. The fourth-order valence-corrected chi connectivity index (χ4v) is 4.08. The normalized spacial score (nSPS) is 17.8. The Kier molecular flexibility index (Phi) is 3.34. The van der Waals surface area contributed by atoms with Gasteiger partial charge in [-0.1, -0.05) is 23.8 Å². The molecular formula is C16H17NO2S. The molecule has 1 aliphatic carbocycles. The maximum atomic E-state index is 11.3. The molecule has 1 aromatic heterocycles. The Morgan fingerprint density at radius 2 is 2.20 bits per heavy atom. The van der Waals surface area contributed by atoms with Crippen LogP contribution >= 0.6 is 11.3 Å². The lowest BCUT2D eigenvalue weighted by atomic mass is 9.91. The van der Waals surface area contributed by atoms with Gasteiger partial charge in [0, 0.05) is 10.4 Å². The molecule has 1 aliphatic rings. The number of benzene rings is 1. The van der Waals surface area contributed by atoms with E-state index in [-0.39, 0.29) is 0 Å². The molecule has 3 nitrogen and oxygen atoms in total. The molecule has 20 heavy (non-hydrogen) atoms. The van der Waals surface area contributed by atoms with Crippen LogP contribution in [0.5, 0.6) is 0 Å². The first-order valence-corrected chi connectivity index (χ1v) is 7.68. The number of aliphatic carboxylic acids is 1. The summed E-state index contributed by atoms with van der Waals surface area (Å²) in [6.45, 7) is 4.15. The van der Waals surface area contributed by atoms with E-state index in [0.29, 0.717) is 6.42 Å². The maximum absolute atomic E-state index is 11.3. The van der Waals surface area contributed by atoms with Gasteiger partial charge in [-0.25, -0.2) is 4.98 Å². The Hall–Kier alpha value is -1.68. The van der Waals surface area contributed by atoms with Crippen LogP contribution in [0.15, 0.2) is 18.2 Å². The van der Waals surface area contributed by atoms with Crippen LogP contribution in [0.2, 0.25) is 0 Å². The Morgan fingerprint density at radius 1 is 1.40 bits per heavy atom. The average Bonchev–Trinajstić information content (AvgIpc) is 2.81. The van der Waals surface area contributed by atoms with Gasteiger partial charge in [-0.15, -0.1) is 11.3 Å².